The number of halogens is 5. The van der Waals surface area contributed by atoms with Crippen molar-refractivity contribution in [1.82, 2.24) is 8.43 Å². The molecule has 2 amide bonds. The van der Waals surface area contributed by atoms with Gasteiger partial charge in [-0.1, -0.05) is 24.3 Å². The van der Waals surface area contributed by atoms with Crippen LogP contribution in [0.3, 0.4) is 0 Å². The van der Waals surface area contributed by atoms with Crippen LogP contribution in [-0.2, 0) is 15.1 Å². The van der Waals surface area contributed by atoms with E-state index in [0.29, 0.717) is 17.5 Å². The van der Waals surface area contributed by atoms with E-state index in [4.69, 9.17) is 4.74 Å². The van der Waals surface area contributed by atoms with Gasteiger partial charge in [0.2, 0.25) is 5.91 Å². The van der Waals surface area contributed by atoms with E-state index < -0.39 is 29.9 Å². The van der Waals surface area contributed by atoms with Crippen LogP contribution >= 0.6 is 22.9 Å². The molecule has 0 aromatic heterocycles. The number of hydrogen-bond acceptors (Lipinski definition) is 4. The van der Waals surface area contributed by atoms with Crippen molar-refractivity contribution in [3.05, 3.63) is 65.5 Å². The van der Waals surface area contributed by atoms with Crippen LogP contribution in [-0.4, -0.2) is 29.8 Å². The maximum absolute atomic E-state index is 13.4. The molecule has 1 aliphatic heterocycles. The first-order chi connectivity index (χ1) is 15.5. The predicted octanol–water partition coefficient (Wildman–Crippen LogP) is 5.77. The lowest BCUT2D eigenvalue weighted by atomic mass is 9.84. The van der Waals surface area contributed by atoms with E-state index in [1.54, 1.807) is 29.8 Å². The van der Waals surface area contributed by atoms with Crippen LogP contribution in [0, 0.1) is 5.82 Å². The molecule has 11 heteroatoms. The number of alkyl halides is 3. The molecular formula is C22H21F4IN2O4. The van der Waals surface area contributed by atoms with Gasteiger partial charge in [-0.2, -0.15) is 0 Å². The average Bonchev–Trinajstić information content (AvgIpc) is 2.77. The van der Waals surface area contributed by atoms with Gasteiger partial charge in [0.1, 0.15) is 17.2 Å². The molecule has 6 nitrogen and oxygen atoms in total. The van der Waals surface area contributed by atoms with Gasteiger partial charge in [-0.05, 0) is 42.3 Å². The van der Waals surface area contributed by atoms with E-state index in [1.807, 2.05) is 0 Å². The van der Waals surface area contributed by atoms with Gasteiger partial charge in [-0.3, -0.25) is 8.32 Å². The second-order valence-corrected chi connectivity index (χ2v) is 8.16. The first kappa shape index (κ1) is 25.1. The van der Waals surface area contributed by atoms with Gasteiger partial charge in [-0.15, -0.1) is 13.2 Å². The smallest absolute Gasteiger partial charge is 0.438 e. The van der Waals surface area contributed by atoms with E-state index in [-0.39, 0.29) is 31.0 Å². The zero-order valence-corrected chi connectivity index (χ0v) is 19.7. The van der Waals surface area contributed by atoms with Gasteiger partial charge in [0.25, 0.3) is 0 Å². The summed E-state index contributed by atoms with van der Waals surface area (Å²) < 4.78 is 62.8. The molecule has 0 spiro atoms. The number of benzene rings is 2. The minimum Gasteiger partial charge on any atom is -0.438 e. The molecule has 1 saturated heterocycles. The topological polar surface area (TPSA) is 67.9 Å². The summed E-state index contributed by atoms with van der Waals surface area (Å²) in [5.41, 5.74) is 0.0775. The van der Waals surface area contributed by atoms with Crippen molar-refractivity contribution in [2.24, 2.45) is 0 Å². The zero-order chi connectivity index (χ0) is 24.2. The zero-order valence-electron chi connectivity index (χ0n) is 17.5. The Hall–Kier alpha value is -2.57. The fraction of sp³-hybridized carbons (Fsp3) is 0.364. The number of carbonyl (C=O) groups excluding carboxylic acids is 2. The maximum atomic E-state index is 13.4. The second kappa shape index (κ2) is 10.1. The molecule has 33 heavy (non-hydrogen) atoms. The van der Waals surface area contributed by atoms with Crippen molar-refractivity contribution in [2.45, 2.75) is 44.2 Å². The van der Waals surface area contributed by atoms with E-state index in [9.17, 15) is 27.2 Å². The standard InChI is InChI=1S/C22H21F4IN2O4/c1-14(15-2-8-18(9-3-15)32-22(24,25)26)29-13-12-21(33-20(29)31,11-10-19(30)28-27)16-4-6-17(23)7-5-16/h2-9,14H,10-13H2,1H3,(H,28,30)/t14-,21+/m0/s1. The van der Waals surface area contributed by atoms with Crippen molar-refractivity contribution in [3.63, 3.8) is 0 Å². The molecule has 178 valence electrons. The summed E-state index contributed by atoms with van der Waals surface area (Å²) in [5.74, 6) is -1.03. The molecule has 0 unspecified atom stereocenters. The molecule has 2 aromatic carbocycles. The number of rotatable bonds is 7. The molecular weight excluding hydrogens is 559 g/mol. The minimum atomic E-state index is -4.79. The fourth-order valence-corrected chi connectivity index (χ4v) is 4.06. The summed E-state index contributed by atoms with van der Waals surface area (Å²) in [6.07, 6.45) is -4.77. The lowest BCUT2D eigenvalue weighted by Gasteiger charge is -2.43. The third kappa shape index (κ3) is 6.27. The number of nitrogens with one attached hydrogen (secondary N) is 1. The highest BCUT2D eigenvalue weighted by Gasteiger charge is 2.43. The van der Waals surface area contributed by atoms with Gasteiger partial charge in [0.05, 0.1) is 28.9 Å². The fourth-order valence-electron chi connectivity index (χ4n) is 3.79. The number of ether oxygens (including phenoxy) is 2. The highest BCUT2D eigenvalue weighted by atomic mass is 127. The Bertz CT molecular complexity index is 985. The highest BCUT2D eigenvalue weighted by molar-refractivity contribution is 14.1. The number of hydrogen-bond donors (Lipinski definition) is 1. The first-order valence-electron chi connectivity index (χ1n) is 10.0. The molecule has 0 radical (unpaired) electrons. The molecule has 0 aliphatic carbocycles. The van der Waals surface area contributed by atoms with Crippen molar-refractivity contribution >= 4 is 34.9 Å². The van der Waals surface area contributed by atoms with Gasteiger partial charge < -0.3 is 14.4 Å². The maximum Gasteiger partial charge on any atom is 0.573 e. The van der Waals surface area contributed by atoms with Gasteiger partial charge in [-0.25, -0.2) is 9.18 Å². The van der Waals surface area contributed by atoms with E-state index in [2.05, 4.69) is 8.27 Å². The molecule has 1 aliphatic rings. The Morgan fingerprint density at radius 2 is 1.85 bits per heavy atom. The largest absolute Gasteiger partial charge is 0.573 e. The number of cyclic esters (lactones) is 1. The van der Waals surface area contributed by atoms with Gasteiger partial charge >= 0.3 is 12.5 Å². The predicted molar refractivity (Wildman–Crippen MR) is 119 cm³/mol. The Morgan fingerprint density at radius 3 is 2.39 bits per heavy atom. The Labute approximate surface area is 201 Å². The summed E-state index contributed by atoms with van der Waals surface area (Å²) in [5, 5.41) is 0. The summed E-state index contributed by atoms with van der Waals surface area (Å²) >= 11 is 1.73. The molecule has 0 bridgehead atoms. The average molecular weight is 580 g/mol. The Balaban J connectivity index is 1.77. The molecule has 1 N–H and O–H groups in total. The number of carbonyl (C=O) groups is 2. The van der Waals surface area contributed by atoms with Crippen molar-refractivity contribution in [3.8, 4) is 5.75 Å². The highest BCUT2D eigenvalue weighted by Crippen LogP contribution is 2.40. The molecule has 1 heterocycles. The number of nitrogens with zero attached hydrogens (tertiary/aromatic N) is 1. The SMILES string of the molecule is C[C@@H](c1ccc(OC(F)(F)F)cc1)N1CC[C@](CCC(=O)NI)(c2ccc(F)cc2)OC1=O. The van der Waals surface area contributed by atoms with Gasteiger partial charge in [0, 0.05) is 25.8 Å². The van der Waals surface area contributed by atoms with Crippen LogP contribution < -0.4 is 8.27 Å². The van der Waals surface area contributed by atoms with E-state index in [0.717, 1.165) is 0 Å². The van der Waals surface area contributed by atoms with Gasteiger partial charge in [0.15, 0.2) is 0 Å². The molecule has 1 fully saturated rings. The lowest BCUT2D eigenvalue weighted by molar-refractivity contribution is -0.274. The minimum absolute atomic E-state index is 0.101. The van der Waals surface area contributed by atoms with Crippen LogP contribution in [0.15, 0.2) is 48.5 Å². The van der Waals surface area contributed by atoms with Crippen LogP contribution in [0.4, 0.5) is 22.4 Å². The molecule has 0 saturated carbocycles. The normalized spacial score (nSPS) is 19.6. The molecule has 3 rings (SSSR count). The molecule has 2 atom stereocenters. The van der Waals surface area contributed by atoms with Crippen LogP contribution in [0.25, 0.3) is 0 Å². The van der Waals surface area contributed by atoms with Crippen molar-refractivity contribution in [1.29, 1.82) is 0 Å². The lowest BCUT2D eigenvalue weighted by Crippen LogP contribution is -2.49. The molecule has 2 aromatic rings. The van der Waals surface area contributed by atoms with E-state index >= 15 is 0 Å². The van der Waals surface area contributed by atoms with Crippen molar-refractivity contribution in [2.75, 3.05) is 6.54 Å². The van der Waals surface area contributed by atoms with Crippen LogP contribution in [0.5, 0.6) is 5.75 Å². The van der Waals surface area contributed by atoms with Crippen LogP contribution in [0.2, 0.25) is 0 Å². The summed E-state index contributed by atoms with van der Waals surface area (Å²) in [6, 6.07) is 10.4. The number of amides is 2. The third-order valence-electron chi connectivity index (χ3n) is 5.57. The van der Waals surface area contributed by atoms with E-state index in [1.165, 1.54) is 53.4 Å². The summed E-state index contributed by atoms with van der Waals surface area (Å²) in [4.78, 5) is 26.3. The van der Waals surface area contributed by atoms with Crippen molar-refractivity contribution < 1.29 is 36.6 Å². The summed E-state index contributed by atoms with van der Waals surface area (Å²) in [7, 11) is 0. The quantitative estimate of drug-likeness (QED) is 0.257. The Morgan fingerprint density at radius 1 is 1.21 bits per heavy atom. The Kier molecular flexibility index (Phi) is 7.70. The summed E-state index contributed by atoms with van der Waals surface area (Å²) in [6.45, 7) is 2.00. The van der Waals surface area contributed by atoms with Crippen LogP contribution in [0.1, 0.15) is 43.4 Å². The third-order valence-corrected chi connectivity index (χ3v) is 6.17. The first-order valence-corrected chi connectivity index (χ1v) is 11.1. The monoisotopic (exact) mass is 580 g/mol. The second-order valence-electron chi connectivity index (χ2n) is 7.62.